The van der Waals surface area contributed by atoms with Crippen LogP contribution < -0.4 is 0 Å². The first-order valence-electron chi connectivity index (χ1n) is 11.8. The fourth-order valence-electron chi connectivity index (χ4n) is 9.41. The van der Waals surface area contributed by atoms with E-state index < -0.39 is 0 Å². The lowest BCUT2D eigenvalue weighted by Crippen LogP contribution is -2.24. The van der Waals surface area contributed by atoms with Gasteiger partial charge < -0.3 is 0 Å². The third-order valence-corrected chi connectivity index (χ3v) is 9.93. The molecule has 0 aromatic carbocycles. The molecule has 0 aromatic heterocycles. The molecular formula is C24H40. The van der Waals surface area contributed by atoms with Gasteiger partial charge in [0.25, 0.3) is 0 Å². The van der Waals surface area contributed by atoms with E-state index >= 15 is 0 Å². The van der Waals surface area contributed by atoms with Gasteiger partial charge in [-0.05, 0) is 117 Å². The van der Waals surface area contributed by atoms with E-state index in [2.05, 4.69) is 13.8 Å². The highest BCUT2D eigenvalue weighted by atomic mass is 14.6. The molecule has 0 aliphatic heterocycles. The standard InChI is InChI=1S/C24H40/c1-3-5-16-13-17(22-7-4-6-21(16)22)8-9-18-12-15(2)23-19-10-11-20(14-19)24(18)23/h15-24H,3-14H2,1-2H3. The second kappa shape index (κ2) is 6.31. The van der Waals surface area contributed by atoms with Crippen molar-refractivity contribution in [3.05, 3.63) is 0 Å². The van der Waals surface area contributed by atoms with Crippen molar-refractivity contribution in [2.75, 3.05) is 0 Å². The van der Waals surface area contributed by atoms with E-state index in [9.17, 15) is 0 Å². The van der Waals surface area contributed by atoms with E-state index in [1.165, 1.54) is 18.8 Å². The summed E-state index contributed by atoms with van der Waals surface area (Å²) in [5, 5.41) is 0. The van der Waals surface area contributed by atoms with Crippen LogP contribution in [0.3, 0.4) is 0 Å². The first-order valence-corrected chi connectivity index (χ1v) is 11.8. The molecule has 10 unspecified atom stereocenters. The first kappa shape index (κ1) is 16.2. The van der Waals surface area contributed by atoms with Crippen LogP contribution in [0.15, 0.2) is 0 Å². The molecule has 5 fully saturated rings. The Morgan fingerprint density at radius 3 is 2.08 bits per heavy atom. The molecule has 5 aliphatic carbocycles. The Balaban J connectivity index is 1.22. The van der Waals surface area contributed by atoms with Crippen LogP contribution in [0.25, 0.3) is 0 Å². The molecule has 136 valence electrons. The van der Waals surface area contributed by atoms with Crippen molar-refractivity contribution in [1.82, 2.24) is 0 Å². The van der Waals surface area contributed by atoms with Crippen molar-refractivity contribution in [3.8, 4) is 0 Å². The van der Waals surface area contributed by atoms with Gasteiger partial charge in [0.2, 0.25) is 0 Å². The molecule has 5 saturated carbocycles. The van der Waals surface area contributed by atoms with Gasteiger partial charge in [-0.1, -0.05) is 33.1 Å². The third kappa shape index (κ3) is 2.44. The first-order chi connectivity index (χ1) is 11.8. The lowest BCUT2D eigenvalue weighted by Gasteiger charge is -2.31. The molecule has 0 aromatic rings. The summed E-state index contributed by atoms with van der Waals surface area (Å²) in [5.41, 5.74) is 0. The normalized spacial score (nSPS) is 55.2. The van der Waals surface area contributed by atoms with Crippen LogP contribution in [0.1, 0.15) is 90.9 Å². The zero-order valence-corrected chi connectivity index (χ0v) is 16.3. The number of rotatable bonds is 5. The van der Waals surface area contributed by atoms with Gasteiger partial charge in [0.15, 0.2) is 0 Å². The zero-order chi connectivity index (χ0) is 16.3. The SMILES string of the molecule is CCCC1CC(CCC2CC(C)C3C4CCC(C4)C23)C2CCCC12. The highest BCUT2D eigenvalue weighted by Gasteiger charge is 2.56. The highest BCUT2D eigenvalue weighted by molar-refractivity contribution is 5.05. The van der Waals surface area contributed by atoms with Crippen LogP contribution in [-0.2, 0) is 0 Å². The van der Waals surface area contributed by atoms with Gasteiger partial charge in [-0.25, -0.2) is 0 Å². The smallest absolute Gasteiger partial charge is 0.0324 e. The Labute approximate surface area is 150 Å². The zero-order valence-electron chi connectivity index (χ0n) is 16.3. The van der Waals surface area contributed by atoms with Crippen LogP contribution in [0.5, 0.6) is 0 Å². The lowest BCUT2D eigenvalue weighted by molar-refractivity contribution is 0.179. The van der Waals surface area contributed by atoms with E-state index in [1.807, 2.05) is 0 Å². The minimum absolute atomic E-state index is 1.06. The van der Waals surface area contributed by atoms with E-state index in [1.54, 1.807) is 64.2 Å². The summed E-state index contributed by atoms with van der Waals surface area (Å²) in [7, 11) is 0. The van der Waals surface area contributed by atoms with E-state index in [0.717, 1.165) is 53.3 Å². The number of hydrogen-bond donors (Lipinski definition) is 0. The molecule has 0 spiro atoms. The molecule has 0 saturated heterocycles. The summed E-state index contributed by atoms with van der Waals surface area (Å²) in [5.74, 6) is 11.4. The summed E-state index contributed by atoms with van der Waals surface area (Å²) in [6.07, 6.45) is 18.9. The molecule has 0 radical (unpaired) electrons. The van der Waals surface area contributed by atoms with Gasteiger partial charge in [-0.2, -0.15) is 0 Å². The molecular weight excluding hydrogens is 288 g/mol. The minimum atomic E-state index is 1.06. The quantitative estimate of drug-likeness (QED) is 0.513. The number of hydrogen-bond acceptors (Lipinski definition) is 0. The van der Waals surface area contributed by atoms with Crippen molar-refractivity contribution in [3.63, 3.8) is 0 Å². The second-order valence-electron chi connectivity index (χ2n) is 10.8. The molecule has 0 amide bonds. The Kier molecular flexibility index (Phi) is 4.26. The van der Waals surface area contributed by atoms with Gasteiger partial charge >= 0.3 is 0 Å². The van der Waals surface area contributed by atoms with Crippen molar-refractivity contribution >= 4 is 0 Å². The van der Waals surface area contributed by atoms with E-state index in [-0.39, 0.29) is 0 Å². The molecule has 0 nitrogen and oxygen atoms in total. The van der Waals surface area contributed by atoms with Crippen LogP contribution in [-0.4, -0.2) is 0 Å². The predicted octanol–water partition coefficient (Wildman–Crippen LogP) is 6.94. The summed E-state index contributed by atoms with van der Waals surface area (Å²) in [6, 6.07) is 0. The summed E-state index contributed by atoms with van der Waals surface area (Å²) >= 11 is 0. The van der Waals surface area contributed by atoms with Gasteiger partial charge in [0.05, 0.1) is 0 Å². The molecule has 24 heavy (non-hydrogen) atoms. The van der Waals surface area contributed by atoms with E-state index in [4.69, 9.17) is 0 Å². The fourth-order valence-corrected chi connectivity index (χ4v) is 9.41. The topological polar surface area (TPSA) is 0 Å². The maximum absolute atomic E-state index is 2.61. The van der Waals surface area contributed by atoms with Crippen molar-refractivity contribution in [1.29, 1.82) is 0 Å². The summed E-state index contributed by atoms with van der Waals surface area (Å²) < 4.78 is 0. The lowest BCUT2D eigenvalue weighted by atomic mass is 9.74. The van der Waals surface area contributed by atoms with Crippen LogP contribution in [0.4, 0.5) is 0 Å². The van der Waals surface area contributed by atoms with E-state index in [0.29, 0.717) is 0 Å². The molecule has 0 heterocycles. The number of fused-ring (bicyclic) bond motifs is 6. The summed E-state index contributed by atoms with van der Waals surface area (Å²) in [6.45, 7) is 5.02. The molecule has 5 aliphatic rings. The molecule has 2 bridgehead atoms. The maximum Gasteiger partial charge on any atom is -0.0324 e. The second-order valence-corrected chi connectivity index (χ2v) is 10.8. The Morgan fingerprint density at radius 1 is 0.667 bits per heavy atom. The highest BCUT2D eigenvalue weighted by Crippen LogP contribution is 2.64. The monoisotopic (exact) mass is 328 g/mol. The summed E-state index contributed by atoms with van der Waals surface area (Å²) in [4.78, 5) is 0. The molecule has 10 atom stereocenters. The average Bonchev–Trinajstić information content (AvgIpc) is 3.33. The van der Waals surface area contributed by atoms with Crippen LogP contribution in [0, 0.1) is 59.2 Å². The van der Waals surface area contributed by atoms with Gasteiger partial charge in [0, 0.05) is 0 Å². The molecule has 5 rings (SSSR count). The largest absolute Gasteiger partial charge is 0.0654 e. The van der Waals surface area contributed by atoms with Crippen molar-refractivity contribution in [2.24, 2.45) is 59.2 Å². The predicted molar refractivity (Wildman–Crippen MR) is 102 cm³/mol. The van der Waals surface area contributed by atoms with Gasteiger partial charge in [-0.3, -0.25) is 0 Å². The fraction of sp³-hybridized carbons (Fsp3) is 1.00. The Hall–Kier alpha value is 0. The molecule has 0 heteroatoms. The van der Waals surface area contributed by atoms with Gasteiger partial charge in [-0.15, -0.1) is 0 Å². The Bertz CT molecular complexity index is 453. The van der Waals surface area contributed by atoms with Crippen molar-refractivity contribution in [2.45, 2.75) is 90.9 Å². The third-order valence-electron chi connectivity index (χ3n) is 9.93. The van der Waals surface area contributed by atoms with Gasteiger partial charge in [0.1, 0.15) is 0 Å². The average molecular weight is 329 g/mol. The van der Waals surface area contributed by atoms with Crippen LogP contribution >= 0.6 is 0 Å². The minimum Gasteiger partial charge on any atom is -0.0654 e. The maximum atomic E-state index is 2.61. The Morgan fingerprint density at radius 2 is 1.33 bits per heavy atom. The molecule has 0 N–H and O–H groups in total. The van der Waals surface area contributed by atoms with Crippen molar-refractivity contribution < 1.29 is 0 Å². The van der Waals surface area contributed by atoms with Crippen LogP contribution in [0.2, 0.25) is 0 Å².